The van der Waals surface area contributed by atoms with Crippen LogP contribution in [0.25, 0.3) is 0 Å². The number of rotatable bonds is 2. The van der Waals surface area contributed by atoms with Gasteiger partial charge in [-0.2, -0.15) is 0 Å². The summed E-state index contributed by atoms with van der Waals surface area (Å²) in [6.07, 6.45) is -0.165. The van der Waals surface area contributed by atoms with E-state index in [2.05, 4.69) is 15.9 Å². The van der Waals surface area contributed by atoms with Crippen molar-refractivity contribution in [2.45, 2.75) is 12.5 Å². The van der Waals surface area contributed by atoms with Crippen molar-refractivity contribution >= 4 is 22.0 Å². The van der Waals surface area contributed by atoms with Crippen molar-refractivity contribution in [1.82, 2.24) is 0 Å². The fourth-order valence-electron chi connectivity index (χ4n) is 1.57. The van der Waals surface area contributed by atoms with Crippen molar-refractivity contribution < 1.29 is 14.3 Å². The molecule has 0 saturated carbocycles. The minimum Gasteiger partial charge on any atom is -0.485 e. The lowest BCUT2D eigenvalue weighted by atomic mass is 10.1. The molecule has 1 aliphatic rings. The number of ether oxygens (including phenoxy) is 2. The maximum atomic E-state index is 10.4. The standard InChI is InChI=1S/C10H10BrNO3/c11-8-3-1-2-6-4-7(15-9(6)8)5-14-10(12)13/h1-3,7H,4-5H2,(H2,12,13). The molecule has 1 aliphatic heterocycles. The lowest BCUT2D eigenvalue weighted by Gasteiger charge is -2.10. The number of hydrogen-bond donors (Lipinski definition) is 1. The first-order valence-corrected chi connectivity index (χ1v) is 5.32. The largest absolute Gasteiger partial charge is 0.485 e. The van der Waals surface area contributed by atoms with E-state index in [1.54, 1.807) is 0 Å². The monoisotopic (exact) mass is 271 g/mol. The molecular formula is C10H10BrNO3. The highest BCUT2D eigenvalue weighted by Crippen LogP contribution is 2.35. The van der Waals surface area contributed by atoms with Gasteiger partial charge in [0.15, 0.2) is 0 Å². The van der Waals surface area contributed by atoms with E-state index in [0.717, 1.165) is 22.2 Å². The summed E-state index contributed by atoms with van der Waals surface area (Å²) in [4.78, 5) is 10.4. The fourth-order valence-corrected chi connectivity index (χ4v) is 2.07. The van der Waals surface area contributed by atoms with Crippen molar-refractivity contribution in [2.24, 2.45) is 5.73 Å². The Morgan fingerprint density at radius 1 is 1.67 bits per heavy atom. The van der Waals surface area contributed by atoms with Gasteiger partial charge < -0.3 is 15.2 Å². The quantitative estimate of drug-likeness (QED) is 0.893. The molecule has 5 heteroatoms. The molecule has 0 aromatic heterocycles. The molecule has 1 atom stereocenters. The van der Waals surface area contributed by atoms with Crippen LogP contribution in [0.1, 0.15) is 5.56 Å². The van der Waals surface area contributed by atoms with Crippen LogP contribution in [-0.4, -0.2) is 18.8 Å². The van der Waals surface area contributed by atoms with Gasteiger partial charge in [-0.1, -0.05) is 12.1 Å². The zero-order valence-corrected chi connectivity index (χ0v) is 9.49. The first-order chi connectivity index (χ1) is 7.16. The molecular weight excluding hydrogens is 262 g/mol. The highest BCUT2D eigenvalue weighted by Gasteiger charge is 2.25. The summed E-state index contributed by atoms with van der Waals surface area (Å²) in [5.74, 6) is 0.829. The highest BCUT2D eigenvalue weighted by atomic mass is 79.9. The second kappa shape index (κ2) is 4.10. The molecule has 1 heterocycles. The van der Waals surface area contributed by atoms with E-state index in [1.165, 1.54) is 0 Å². The highest BCUT2D eigenvalue weighted by molar-refractivity contribution is 9.10. The normalized spacial score (nSPS) is 18.1. The van der Waals surface area contributed by atoms with Crippen molar-refractivity contribution in [3.05, 3.63) is 28.2 Å². The molecule has 0 bridgehead atoms. The first kappa shape index (κ1) is 10.3. The van der Waals surface area contributed by atoms with Crippen molar-refractivity contribution in [3.8, 4) is 5.75 Å². The van der Waals surface area contributed by atoms with Crippen LogP contribution in [0.3, 0.4) is 0 Å². The van der Waals surface area contributed by atoms with E-state index >= 15 is 0 Å². The minimum absolute atomic E-state index is 0.133. The molecule has 1 aromatic carbocycles. The summed E-state index contributed by atoms with van der Waals surface area (Å²) in [6, 6.07) is 5.85. The molecule has 1 unspecified atom stereocenters. The van der Waals surface area contributed by atoms with E-state index in [9.17, 15) is 4.79 Å². The van der Waals surface area contributed by atoms with Crippen LogP contribution >= 0.6 is 15.9 Å². The molecule has 1 amide bonds. The molecule has 0 aliphatic carbocycles. The van der Waals surface area contributed by atoms with Gasteiger partial charge in [-0.25, -0.2) is 4.79 Å². The summed E-state index contributed by atoms with van der Waals surface area (Å²) in [7, 11) is 0. The maximum absolute atomic E-state index is 10.4. The Balaban J connectivity index is 2.03. The van der Waals surface area contributed by atoms with Gasteiger partial charge in [-0.3, -0.25) is 0 Å². The number of fused-ring (bicyclic) bond motifs is 1. The predicted octanol–water partition coefficient (Wildman–Crippen LogP) is 1.85. The molecule has 0 saturated heterocycles. The fraction of sp³-hybridized carbons (Fsp3) is 0.300. The Kier molecular flexibility index (Phi) is 2.81. The van der Waals surface area contributed by atoms with Gasteiger partial charge in [0.2, 0.25) is 0 Å². The zero-order chi connectivity index (χ0) is 10.8. The summed E-state index contributed by atoms with van der Waals surface area (Å²) in [6.45, 7) is 0.191. The van der Waals surface area contributed by atoms with E-state index in [-0.39, 0.29) is 12.7 Å². The maximum Gasteiger partial charge on any atom is 0.404 e. The van der Waals surface area contributed by atoms with Crippen LogP contribution in [0.4, 0.5) is 4.79 Å². The summed E-state index contributed by atoms with van der Waals surface area (Å²) < 4.78 is 11.2. The Labute approximate surface area is 95.5 Å². The Morgan fingerprint density at radius 2 is 2.47 bits per heavy atom. The number of hydrogen-bond acceptors (Lipinski definition) is 3. The molecule has 0 radical (unpaired) electrons. The molecule has 0 spiro atoms. The number of amides is 1. The molecule has 2 rings (SSSR count). The molecule has 1 aromatic rings. The van der Waals surface area contributed by atoms with Gasteiger partial charge in [-0.05, 0) is 27.6 Å². The lowest BCUT2D eigenvalue weighted by molar-refractivity contribution is 0.0986. The summed E-state index contributed by atoms with van der Waals surface area (Å²) >= 11 is 3.40. The van der Waals surface area contributed by atoms with Crippen molar-refractivity contribution in [1.29, 1.82) is 0 Å². The number of nitrogens with two attached hydrogens (primary N) is 1. The van der Waals surface area contributed by atoms with Crippen LogP contribution in [-0.2, 0) is 11.2 Å². The zero-order valence-electron chi connectivity index (χ0n) is 7.90. The van der Waals surface area contributed by atoms with Gasteiger partial charge in [0.25, 0.3) is 0 Å². The van der Waals surface area contributed by atoms with Gasteiger partial charge >= 0.3 is 6.09 Å². The molecule has 80 valence electrons. The number of halogens is 1. The first-order valence-electron chi connectivity index (χ1n) is 4.53. The average molecular weight is 272 g/mol. The predicted molar refractivity (Wildman–Crippen MR) is 57.8 cm³/mol. The second-order valence-corrected chi connectivity index (χ2v) is 4.16. The lowest BCUT2D eigenvalue weighted by Crippen LogP contribution is -2.25. The smallest absolute Gasteiger partial charge is 0.404 e. The van der Waals surface area contributed by atoms with Gasteiger partial charge in [0.05, 0.1) is 4.47 Å². The van der Waals surface area contributed by atoms with Crippen molar-refractivity contribution in [2.75, 3.05) is 6.61 Å². The number of para-hydroxylation sites is 1. The number of benzene rings is 1. The third kappa shape index (κ3) is 2.23. The molecule has 2 N–H and O–H groups in total. The van der Waals surface area contributed by atoms with Crippen LogP contribution in [0.15, 0.2) is 22.7 Å². The van der Waals surface area contributed by atoms with Gasteiger partial charge in [0.1, 0.15) is 18.5 Å². The van der Waals surface area contributed by atoms with Crippen molar-refractivity contribution in [3.63, 3.8) is 0 Å². The van der Waals surface area contributed by atoms with Crippen LogP contribution in [0.5, 0.6) is 5.75 Å². The van der Waals surface area contributed by atoms with Gasteiger partial charge in [0, 0.05) is 6.42 Å². The third-order valence-corrected chi connectivity index (χ3v) is 2.82. The molecule has 0 fully saturated rings. The Hall–Kier alpha value is -1.23. The number of primary amides is 1. The Bertz CT molecular complexity index is 394. The molecule has 4 nitrogen and oxygen atoms in total. The van der Waals surface area contributed by atoms with Crippen LogP contribution in [0.2, 0.25) is 0 Å². The van der Waals surface area contributed by atoms with E-state index in [0.29, 0.717) is 0 Å². The Morgan fingerprint density at radius 3 is 3.13 bits per heavy atom. The van der Waals surface area contributed by atoms with Gasteiger partial charge in [-0.15, -0.1) is 0 Å². The third-order valence-electron chi connectivity index (χ3n) is 2.19. The average Bonchev–Trinajstić information content (AvgIpc) is 2.59. The van der Waals surface area contributed by atoms with E-state index < -0.39 is 6.09 Å². The van der Waals surface area contributed by atoms with Crippen LogP contribution < -0.4 is 10.5 Å². The second-order valence-electron chi connectivity index (χ2n) is 3.30. The van der Waals surface area contributed by atoms with E-state index in [1.807, 2.05) is 18.2 Å². The number of carbonyl (C=O) groups excluding carboxylic acids is 1. The van der Waals surface area contributed by atoms with E-state index in [4.69, 9.17) is 15.2 Å². The van der Waals surface area contributed by atoms with Crippen LogP contribution in [0, 0.1) is 0 Å². The minimum atomic E-state index is -0.770. The summed E-state index contributed by atoms with van der Waals surface area (Å²) in [5, 5.41) is 0. The SMILES string of the molecule is NC(=O)OCC1Cc2cccc(Br)c2O1. The summed E-state index contributed by atoms with van der Waals surface area (Å²) in [5.41, 5.74) is 5.99. The number of carbonyl (C=O) groups is 1. The topological polar surface area (TPSA) is 61.6 Å². The molecule has 15 heavy (non-hydrogen) atoms.